The molecule has 0 spiro atoms. The minimum atomic E-state index is -0.582. The van der Waals surface area contributed by atoms with Crippen LogP contribution >= 0.6 is 11.6 Å². The van der Waals surface area contributed by atoms with Crippen LogP contribution in [0.5, 0.6) is 0 Å². The third-order valence-electron chi connectivity index (χ3n) is 3.01. The van der Waals surface area contributed by atoms with E-state index in [1.54, 1.807) is 24.1 Å². The average molecular weight is 336 g/mol. The van der Waals surface area contributed by atoms with Crippen molar-refractivity contribution in [2.24, 2.45) is 7.05 Å². The van der Waals surface area contributed by atoms with Crippen LogP contribution in [0.25, 0.3) is 11.4 Å². The second-order valence-corrected chi connectivity index (χ2v) is 5.13. The maximum atomic E-state index is 13.1. The predicted molar refractivity (Wildman–Crippen MR) is 79.1 cm³/mol. The molecule has 3 aromatic rings. The van der Waals surface area contributed by atoms with Gasteiger partial charge in [-0.2, -0.15) is 10.1 Å². The third-order valence-corrected chi connectivity index (χ3v) is 3.30. The zero-order chi connectivity index (χ0) is 16.4. The molecule has 0 atom stereocenters. The van der Waals surface area contributed by atoms with Gasteiger partial charge in [0.25, 0.3) is 5.91 Å². The highest BCUT2D eigenvalue weighted by Gasteiger charge is 2.13. The summed E-state index contributed by atoms with van der Waals surface area (Å²) in [7, 11) is 1.78. The molecule has 23 heavy (non-hydrogen) atoms. The molecule has 2 aromatic heterocycles. The summed E-state index contributed by atoms with van der Waals surface area (Å²) in [5.41, 5.74) is 0.947. The molecule has 9 heteroatoms. The number of benzene rings is 1. The van der Waals surface area contributed by atoms with Gasteiger partial charge in [0.2, 0.25) is 11.7 Å². The van der Waals surface area contributed by atoms with Crippen LogP contribution in [-0.4, -0.2) is 25.8 Å². The molecule has 1 amide bonds. The maximum absolute atomic E-state index is 13.1. The SMILES string of the molecule is Cn1cc(-c2noc(CNC(=O)c3ccc(F)c(Cl)c3)n2)cn1. The van der Waals surface area contributed by atoms with E-state index in [9.17, 15) is 9.18 Å². The number of amides is 1. The van der Waals surface area contributed by atoms with E-state index in [0.29, 0.717) is 11.4 Å². The zero-order valence-electron chi connectivity index (χ0n) is 12.0. The van der Waals surface area contributed by atoms with E-state index in [-0.39, 0.29) is 23.0 Å². The number of aromatic nitrogens is 4. The molecule has 3 rings (SSSR count). The van der Waals surface area contributed by atoms with Crippen molar-refractivity contribution in [3.8, 4) is 11.4 Å². The van der Waals surface area contributed by atoms with E-state index in [1.165, 1.54) is 12.1 Å². The molecule has 1 N–H and O–H groups in total. The first-order chi connectivity index (χ1) is 11.0. The van der Waals surface area contributed by atoms with Gasteiger partial charge in [0, 0.05) is 18.8 Å². The molecule has 0 aliphatic rings. The molecule has 0 unspecified atom stereocenters. The van der Waals surface area contributed by atoms with Gasteiger partial charge in [-0.15, -0.1) is 0 Å². The minimum absolute atomic E-state index is 0.0427. The van der Waals surface area contributed by atoms with E-state index in [4.69, 9.17) is 16.1 Å². The summed E-state index contributed by atoms with van der Waals surface area (Å²) >= 11 is 5.64. The van der Waals surface area contributed by atoms with Gasteiger partial charge in [-0.05, 0) is 18.2 Å². The van der Waals surface area contributed by atoms with Crippen molar-refractivity contribution < 1.29 is 13.7 Å². The van der Waals surface area contributed by atoms with Gasteiger partial charge in [-0.25, -0.2) is 4.39 Å². The van der Waals surface area contributed by atoms with Crippen molar-refractivity contribution in [2.75, 3.05) is 0 Å². The van der Waals surface area contributed by atoms with Crippen LogP contribution in [-0.2, 0) is 13.6 Å². The Balaban J connectivity index is 1.65. The number of aryl methyl sites for hydroxylation is 1. The van der Waals surface area contributed by atoms with Crippen LogP contribution in [0.3, 0.4) is 0 Å². The van der Waals surface area contributed by atoms with Gasteiger partial charge in [0.15, 0.2) is 0 Å². The fraction of sp³-hybridized carbons (Fsp3) is 0.143. The Morgan fingerprint density at radius 2 is 2.30 bits per heavy atom. The highest BCUT2D eigenvalue weighted by Crippen LogP contribution is 2.16. The molecule has 0 aliphatic carbocycles. The summed E-state index contributed by atoms with van der Waals surface area (Å²) in [6.45, 7) is 0.0427. The fourth-order valence-electron chi connectivity index (χ4n) is 1.88. The van der Waals surface area contributed by atoms with Crippen LogP contribution in [0.15, 0.2) is 35.1 Å². The molecule has 7 nitrogen and oxygen atoms in total. The Hall–Kier alpha value is -2.74. The van der Waals surface area contributed by atoms with Crippen molar-refractivity contribution in [2.45, 2.75) is 6.54 Å². The Bertz CT molecular complexity index is 860. The molecule has 118 valence electrons. The molecule has 0 saturated heterocycles. The molecular weight excluding hydrogens is 325 g/mol. The molecular formula is C14H11ClFN5O2. The third kappa shape index (κ3) is 3.37. The van der Waals surface area contributed by atoms with Gasteiger partial charge < -0.3 is 9.84 Å². The van der Waals surface area contributed by atoms with Crippen LogP contribution < -0.4 is 5.32 Å². The Morgan fingerprint density at radius 1 is 1.48 bits per heavy atom. The summed E-state index contributed by atoms with van der Waals surface area (Å²) in [5, 5.41) is 10.3. The first-order valence-corrected chi connectivity index (χ1v) is 6.95. The van der Waals surface area contributed by atoms with E-state index in [1.807, 2.05) is 0 Å². The predicted octanol–water partition coefficient (Wildman–Crippen LogP) is 2.19. The fourth-order valence-corrected chi connectivity index (χ4v) is 2.06. The van der Waals surface area contributed by atoms with E-state index >= 15 is 0 Å². The summed E-state index contributed by atoms with van der Waals surface area (Å²) < 4.78 is 19.7. The number of carbonyl (C=O) groups is 1. The summed E-state index contributed by atoms with van der Waals surface area (Å²) in [5.74, 6) is -0.383. The first kappa shape index (κ1) is 15.2. The van der Waals surface area contributed by atoms with Crippen molar-refractivity contribution in [3.05, 3.63) is 52.9 Å². The molecule has 0 saturated carbocycles. The van der Waals surface area contributed by atoms with Gasteiger partial charge in [-0.1, -0.05) is 16.8 Å². The lowest BCUT2D eigenvalue weighted by atomic mass is 10.2. The number of nitrogens with one attached hydrogen (secondary N) is 1. The molecule has 0 bridgehead atoms. The highest BCUT2D eigenvalue weighted by molar-refractivity contribution is 6.31. The number of hydrogen-bond donors (Lipinski definition) is 1. The molecule has 1 aromatic carbocycles. The van der Waals surface area contributed by atoms with Gasteiger partial charge >= 0.3 is 0 Å². The number of hydrogen-bond acceptors (Lipinski definition) is 5. The number of rotatable bonds is 4. The molecule has 0 aliphatic heterocycles. The Labute approximate surface area is 135 Å². The van der Waals surface area contributed by atoms with Crippen LogP contribution in [0.1, 0.15) is 16.2 Å². The van der Waals surface area contributed by atoms with Gasteiger partial charge in [-0.3, -0.25) is 9.48 Å². The molecule has 0 radical (unpaired) electrons. The smallest absolute Gasteiger partial charge is 0.251 e. The second-order valence-electron chi connectivity index (χ2n) is 4.73. The van der Waals surface area contributed by atoms with E-state index < -0.39 is 11.7 Å². The van der Waals surface area contributed by atoms with Crippen molar-refractivity contribution >= 4 is 17.5 Å². The van der Waals surface area contributed by atoms with Gasteiger partial charge in [0.1, 0.15) is 5.82 Å². The monoisotopic (exact) mass is 335 g/mol. The second kappa shape index (κ2) is 6.17. The zero-order valence-corrected chi connectivity index (χ0v) is 12.7. The Morgan fingerprint density at radius 3 is 3.00 bits per heavy atom. The lowest BCUT2D eigenvalue weighted by Crippen LogP contribution is -2.23. The summed E-state index contributed by atoms with van der Waals surface area (Å²) in [6.07, 6.45) is 3.35. The quantitative estimate of drug-likeness (QED) is 0.790. The summed E-state index contributed by atoms with van der Waals surface area (Å²) in [4.78, 5) is 16.1. The Kier molecular flexibility index (Phi) is 4.07. The standard InChI is InChI=1S/C14H11ClFN5O2/c1-21-7-9(5-18-21)13-19-12(23-20-13)6-17-14(22)8-2-3-11(16)10(15)4-8/h2-5,7H,6H2,1H3,(H,17,22). The lowest BCUT2D eigenvalue weighted by Gasteiger charge is -2.03. The lowest BCUT2D eigenvalue weighted by molar-refractivity contribution is 0.0946. The van der Waals surface area contributed by atoms with Crippen LogP contribution in [0, 0.1) is 5.82 Å². The maximum Gasteiger partial charge on any atom is 0.251 e. The highest BCUT2D eigenvalue weighted by atomic mass is 35.5. The summed E-state index contributed by atoms with van der Waals surface area (Å²) in [6, 6.07) is 3.72. The van der Waals surface area contributed by atoms with Gasteiger partial charge in [0.05, 0.1) is 23.3 Å². The van der Waals surface area contributed by atoms with Crippen LogP contribution in [0.2, 0.25) is 5.02 Å². The number of nitrogens with zero attached hydrogens (tertiary/aromatic N) is 4. The normalized spacial score (nSPS) is 10.7. The minimum Gasteiger partial charge on any atom is -0.343 e. The first-order valence-electron chi connectivity index (χ1n) is 6.58. The number of halogens is 2. The van der Waals surface area contributed by atoms with Crippen molar-refractivity contribution in [1.82, 2.24) is 25.2 Å². The largest absolute Gasteiger partial charge is 0.343 e. The van der Waals surface area contributed by atoms with Crippen molar-refractivity contribution in [1.29, 1.82) is 0 Å². The van der Waals surface area contributed by atoms with Crippen LogP contribution in [0.4, 0.5) is 4.39 Å². The van der Waals surface area contributed by atoms with Crippen molar-refractivity contribution in [3.63, 3.8) is 0 Å². The average Bonchev–Trinajstić information content (AvgIpc) is 3.16. The number of carbonyl (C=O) groups excluding carboxylic acids is 1. The van der Waals surface area contributed by atoms with E-state index in [2.05, 4.69) is 20.6 Å². The molecule has 2 heterocycles. The molecule has 0 fully saturated rings. The van der Waals surface area contributed by atoms with E-state index in [0.717, 1.165) is 6.07 Å². The topological polar surface area (TPSA) is 85.8 Å².